The van der Waals surface area contributed by atoms with Crippen molar-refractivity contribution in [2.75, 3.05) is 25.1 Å². The lowest BCUT2D eigenvalue weighted by molar-refractivity contribution is -0.120. The summed E-state index contributed by atoms with van der Waals surface area (Å²) in [5.41, 5.74) is 1.66. The molecule has 1 amide bonds. The Morgan fingerprint density at radius 2 is 1.79 bits per heavy atom. The first-order chi connectivity index (χ1) is 13.8. The highest BCUT2D eigenvalue weighted by Gasteiger charge is 2.04. The molecule has 146 valence electrons. The van der Waals surface area contributed by atoms with Gasteiger partial charge in [0.1, 0.15) is 31.3 Å². The van der Waals surface area contributed by atoms with Crippen LogP contribution in [-0.2, 0) is 27.5 Å². The summed E-state index contributed by atoms with van der Waals surface area (Å²) >= 11 is 0. The van der Waals surface area contributed by atoms with Crippen LogP contribution in [0.3, 0.4) is 0 Å². The van der Waals surface area contributed by atoms with Crippen molar-refractivity contribution in [1.29, 1.82) is 0 Å². The Bertz CT molecular complexity index is 833. The molecule has 6 heteroatoms. The second-order valence-corrected chi connectivity index (χ2v) is 6.03. The maximum atomic E-state index is 12.0. The Kier molecular flexibility index (Phi) is 7.67. The summed E-state index contributed by atoms with van der Waals surface area (Å²) < 4.78 is 21.7. The number of benzene rings is 2. The van der Waals surface area contributed by atoms with E-state index in [4.69, 9.17) is 18.6 Å². The van der Waals surface area contributed by atoms with Crippen LogP contribution in [0.1, 0.15) is 11.3 Å². The van der Waals surface area contributed by atoms with E-state index in [0.29, 0.717) is 32.1 Å². The molecule has 0 spiro atoms. The molecule has 0 saturated heterocycles. The zero-order valence-corrected chi connectivity index (χ0v) is 15.5. The molecular weight excluding hydrogens is 358 g/mol. The van der Waals surface area contributed by atoms with Crippen LogP contribution in [0.15, 0.2) is 77.4 Å². The van der Waals surface area contributed by atoms with E-state index >= 15 is 0 Å². The lowest BCUT2D eigenvalue weighted by atomic mass is 10.2. The first-order valence-electron chi connectivity index (χ1n) is 9.04. The number of ether oxygens (including phenoxy) is 3. The summed E-state index contributed by atoms with van der Waals surface area (Å²) in [6, 6.07) is 20.7. The third-order valence-corrected chi connectivity index (χ3v) is 3.78. The maximum Gasteiger partial charge on any atom is 0.250 e. The second kappa shape index (κ2) is 10.9. The van der Waals surface area contributed by atoms with Crippen LogP contribution in [0.4, 0.5) is 5.69 Å². The van der Waals surface area contributed by atoms with Gasteiger partial charge in [0.2, 0.25) is 5.91 Å². The summed E-state index contributed by atoms with van der Waals surface area (Å²) in [7, 11) is 0. The molecule has 0 aliphatic rings. The van der Waals surface area contributed by atoms with Crippen LogP contribution in [0, 0.1) is 0 Å². The number of carbonyl (C=O) groups is 1. The third-order valence-electron chi connectivity index (χ3n) is 3.78. The molecule has 0 aliphatic heterocycles. The van der Waals surface area contributed by atoms with Crippen molar-refractivity contribution >= 4 is 11.6 Å². The Morgan fingerprint density at radius 1 is 0.893 bits per heavy atom. The van der Waals surface area contributed by atoms with Crippen molar-refractivity contribution in [1.82, 2.24) is 0 Å². The van der Waals surface area contributed by atoms with Gasteiger partial charge < -0.3 is 23.9 Å². The van der Waals surface area contributed by atoms with Crippen LogP contribution in [0.5, 0.6) is 5.75 Å². The van der Waals surface area contributed by atoms with Crippen LogP contribution < -0.4 is 10.1 Å². The highest BCUT2D eigenvalue weighted by Crippen LogP contribution is 2.13. The van der Waals surface area contributed by atoms with E-state index in [-0.39, 0.29) is 12.5 Å². The van der Waals surface area contributed by atoms with Crippen molar-refractivity contribution in [2.45, 2.75) is 13.2 Å². The Labute approximate surface area is 164 Å². The minimum absolute atomic E-state index is 0.0304. The molecule has 1 heterocycles. The fourth-order valence-electron chi connectivity index (χ4n) is 2.50. The molecule has 3 rings (SSSR count). The minimum atomic E-state index is -0.214. The molecule has 0 aliphatic carbocycles. The molecule has 1 N–H and O–H groups in total. The normalized spacial score (nSPS) is 10.6. The highest BCUT2D eigenvalue weighted by molar-refractivity contribution is 5.91. The van der Waals surface area contributed by atoms with Crippen molar-refractivity contribution in [2.24, 2.45) is 0 Å². The lowest BCUT2D eigenvalue weighted by Crippen LogP contribution is -2.20. The molecule has 0 fully saturated rings. The van der Waals surface area contributed by atoms with E-state index in [1.54, 1.807) is 6.26 Å². The minimum Gasteiger partial charge on any atom is -0.491 e. The number of furan rings is 1. The quantitative estimate of drug-likeness (QED) is 0.508. The highest BCUT2D eigenvalue weighted by atomic mass is 16.5. The Balaban J connectivity index is 1.33. The largest absolute Gasteiger partial charge is 0.491 e. The number of nitrogens with one attached hydrogen (secondary N) is 1. The standard InChI is InChI=1S/C22H23NO5/c24-22(17-25-12-13-28-20-8-2-1-3-9-20)23-19-7-4-6-18(14-19)15-26-16-21-10-5-11-27-21/h1-11,14H,12-13,15-17H2,(H,23,24). The predicted octanol–water partition coefficient (Wildman–Crippen LogP) is 4.03. The van der Waals surface area contributed by atoms with E-state index < -0.39 is 0 Å². The topological polar surface area (TPSA) is 69.9 Å². The molecular formula is C22H23NO5. The third kappa shape index (κ3) is 6.90. The summed E-state index contributed by atoms with van der Waals surface area (Å²) in [5.74, 6) is 1.34. The molecule has 28 heavy (non-hydrogen) atoms. The Hall–Kier alpha value is -3.09. The van der Waals surface area contributed by atoms with Gasteiger partial charge in [0.05, 0.1) is 19.5 Å². The van der Waals surface area contributed by atoms with Gasteiger partial charge in [-0.1, -0.05) is 30.3 Å². The summed E-state index contributed by atoms with van der Waals surface area (Å²) in [6.45, 7) is 1.53. The number of hydrogen-bond donors (Lipinski definition) is 1. The van der Waals surface area contributed by atoms with Gasteiger partial charge in [0, 0.05) is 5.69 Å². The average molecular weight is 381 g/mol. The molecule has 0 bridgehead atoms. The first-order valence-corrected chi connectivity index (χ1v) is 9.04. The van der Waals surface area contributed by atoms with Gasteiger partial charge >= 0.3 is 0 Å². The smallest absolute Gasteiger partial charge is 0.250 e. The molecule has 0 atom stereocenters. The SMILES string of the molecule is O=C(COCCOc1ccccc1)Nc1cccc(COCc2ccco2)c1. The summed E-state index contributed by atoms with van der Waals surface area (Å²) in [6.07, 6.45) is 1.62. The molecule has 1 aromatic heterocycles. The number of rotatable bonds is 11. The van der Waals surface area contributed by atoms with Crippen LogP contribution in [0.2, 0.25) is 0 Å². The van der Waals surface area contributed by atoms with Crippen LogP contribution in [-0.4, -0.2) is 25.7 Å². The number of amides is 1. The van der Waals surface area contributed by atoms with Crippen molar-refractivity contribution in [3.8, 4) is 5.75 Å². The van der Waals surface area contributed by atoms with Gasteiger partial charge in [-0.15, -0.1) is 0 Å². The summed E-state index contributed by atoms with van der Waals surface area (Å²) in [4.78, 5) is 12.0. The number of carbonyl (C=O) groups excluding carboxylic acids is 1. The van der Waals surface area contributed by atoms with Gasteiger partial charge in [-0.05, 0) is 42.0 Å². The first kappa shape index (κ1) is 19.7. The lowest BCUT2D eigenvalue weighted by Gasteiger charge is -2.09. The predicted molar refractivity (Wildman–Crippen MR) is 105 cm³/mol. The van der Waals surface area contributed by atoms with E-state index in [2.05, 4.69) is 5.32 Å². The van der Waals surface area contributed by atoms with Gasteiger partial charge in [0.25, 0.3) is 0 Å². The Morgan fingerprint density at radius 3 is 2.61 bits per heavy atom. The van der Waals surface area contributed by atoms with E-state index in [9.17, 15) is 4.79 Å². The van der Waals surface area contributed by atoms with Crippen LogP contribution in [0.25, 0.3) is 0 Å². The number of hydrogen-bond acceptors (Lipinski definition) is 5. The monoisotopic (exact) mass is 381 g/mol. The average Bonchev–Trinajstić information content (AvgIpc) is 3.22. The van der Waals surface area contributed by atoms with Gasteiger partial charge in [0.15, 0.2) is 0 Å². The zero-order valence-electron chi connectivity index (χ0n) is 15.5. The molecule has 2 aromatic carbocycles. The van der Waals surface area contributed by atoms with Gasteiger partial charge in [-0.25, -0.2) is 0 Å². The number of anilines is 1. The van der Waals surface area contributed by atoms with E-state index in [1.807, 2.05) is 66.7 Å². The van der Waals surface area contributed by atoms with Crippen molar-refractivity contribution in [3.63, 3.8) is 0 Å². The zero-order chi connectivity index (χ0) is 19.4. The second-order valence-electron chi connectivity index (χ2n) is 6.03. The molecule has 6 nitrogen and oxygen atoms in total. The van der Waals surface area contributed by atoms with Gasteiger partial charge in [-0.2, -0.15) is 0 Å². The van der Waals surface area contributed by atoms with Crippen LogP contribution >= 0.6 is 0 Å². The van der Waals surface area contributed by atoms with Crippen molar-refractivity contribution in [3.05, 3.63) is 84.3 Å². The molecule has 3 aromatic rings. The number of para-hydroxylation sites is 1. The van der Waals surface area contributed by atoms with E-state index in [1.165, 1.54) is 0 Å². The van der Waals surface area contributed by atoms with Gasteiger partial charge in [-0.3, -0.25) is 4.79 Å². The molecule has 0 unspecified atom stereocenters. The fraction of sp³-hybridized carbons (Fsp3) is 0.227. The fourth-order valence-corrected chi connectivity index (χ4v) is 2.50. The maximum absolute atomic E-state index is 12.0. The molecule has 0 saturated carbocycles. The van der Waals surface area contributed by atoms with E-state index in [0.717, 1.165) is 17.1 Å². The van der Waals surface area contributed by atoms with Crippen molar-refractivity contribution < 1.29 is 23.4 Å². The molecule has 0 radical (unpaired) electrons. The summed E-state index contributed by atoms with van der Waals surface area (Å²) in [5, 5.41) is 2.82.